The zero-order valence-electron chi connectivity index (χ0n) is 5.01. The van der Waals surface area contributed by atoms with Crippen molar-refractivity contribution in [2.75, 3.05) is 0 Å². The molecule has 0 aromatic carbocycles. The minimum atomic E-state index is -1.13. The normalized spacial score (nSPS) is 17.5. The summed E-state index contributed by atoms with van der Waals surface area (Å²) in [6.07, 6.45) is 0.107. The number of thiol groups is 1. The van der Waals surface area contributed by atoms with E-state index in [1.54, 1.807) is 0 Å². The molecule has 2 nitrogen and oxygen atoms in total. The second-order valence-electron chi connectivity index (χ2n) is 2.10. The summed E-state index contributed by atoms with van der Waals surface area (Å²) in [4.78, 5) is 9.12. The van der Waals surface area contributed by atoms with Crippen molar-refractivity contribution in [1.29, 1.82) is 0 Å². The Hall–Kier alpha value is -0.0200. The summed E-state index contributed by atoms with van der Waals surface area (Å²) < 4.78 is 0. The van der Waals surface area contributed by atoms with E-state index in [0.717, 1.165) is 0 Å². The monoisotopic (exact) mass is 134 g/mol. The Labute approximate surface area is 54.3 Å². The van der Waals surface area contributed by atoms with Gasteiger partial charge in [-0.3, -0.25) is 4.79 Å². The molecular formula is C5H10O2S. The van der Waals surface area contributed by atoms with Gasteiger partial charge in [0.2, 0.25) is 0 Å². The van der Waals surface area contributed by atoms with E-state index < -0.39 is 4.93 Å². The van der Waals surface area contributed by atoms with Gasteiger partial charge in [0.1, 0.15) is 10.7 Å². The first-order valence-electron chi connectivity index (χ1n) is 2.36. The van der Waals surface area contributed by atoms with Gasteiger partial charge in [-0.25, -0.2) is 0 Å². The van der Waals surface area contributed by atoms with Gasteiger partial charge in [0.05, 0.1) is 0 Å². The Balaban J connectivity index is 3.55. The lowest BCUT2D eigenvalue weighted by molar-refractivity contribution is -0.119. The first-order chi connectivity index (χ1) is 3.42. The second-order valence-corrected chi connectivity index (χ2v) is 3.06. The number of hydrogen-bond acceptors (Lipinski definition) is 3. The molecule has 8 heavy (non-hydrogen) atoms. The third-order valence-electron chi connectivity index (χ3n) is 0.584. The Kier molecular flexibility index (Phi) is 2.50. The minimum absolute atomic E-state index is 0.0509. The van der Waals surface area contributed by atoms with Crippen LogP contribution in [-0.4, -0.2) is 15.8 Å². The van der Waals surface area contributed by atoms with Gasteiger partial charge in [-0.05, 0) is 13.8 Å². The highest BCUT2D eigenvalue weighted by Crippen LogP contribution is 2.12. The quantitative estimate of drug-likeness (QED) is 0.429. The van der Waals surface area contributed by atoms with Crippen molar-refractivity contribution in [3.63, 3.8) is 0 Å². The number of Topliss-reactive ketones (excluding diaryl/α,β-unsaturated/α-hetero) is 1. The van der Waals surface area contributed by atoms with Crippen LogP contribution in [0.1, 0.15) is 20.3 Å². The van der Waals surface area contributed by atoms with Crippen molar-refractivity contribution >= 4 is 18.4 Å². The summed E-state index contributed by atoms with van der Waals surface area (Å²) in [5, 5.41) is 8.83. The molecule has 0 aliphatic carbocycles. The van der Waals surface area contributed by atoms with Crippen LogP contribution in [-0.2, 0) is 4.79 Å². The molecule has 0 radical (unpaired) electrons. The van der Waals surface area contributed by atoms with E-state index in [9.17, 15) is 4.79 Å². The van der Waals surface area contributed by atoms with E-state index in [1.165, 1.54) is 13.8 Å². The molecule has 0 saturated carbocycles. The highest BCUT2D eigenvalue weighted by Gasteiger charge is 2.15. The van der Waals surface area contributed by atoms with Crippen LogP contribution in [0.5, 0.6) is 0 Å². The summed E-state index contributed by atoms with van der Waals surface area (Å²) in [7, 11) is 0. The molecule has 3 heteroatoms. The molecule has 0 amide bonds. The van der Waals surface area contributed by atoms with E-state index in [-0.39, 0.29) is 12.2 Å². The lowest BCUT2D eigenvalue weighted by Crippen LogP contribution is -2.18. The Morgan fingerprint density at radius 1 is 1.88 bits per heavy atom. The Bertz CT molecular complexity index is 93.1. The molecule has 0 bridgehead atoms. The first-order valence-corrected chi connectivity index (χ1v) is 2.81. The maximum atomic E-state index is 10.3. The second kappa shape index (κ2) is 2.51. The fourth-order valence-corrected chi connectivity index (χ4v) is 0.694. The molecule has 0 aliphatic heterocycles. The van der Waals surface area contributed by atoms with Crippen LogP contribution in [0.3, 0.4) is 0 Å². The van der Waals surface area contributed by atoms with Gasteiger partial charge in [-0.15, -0.1) is 12.6 Å². The predicted octanol–water partition coefficient (Wildman–Crippen LogP) is 0.604. The van der Waals surface area contributed by atoms with E-state index in [1.807, 2.05) is 0 Å². The third-order valence-corrected chi connectivity index (χ3v) is 0.742. The van der Waals surface area contributed by atoms with E-state index >= 15 is 0 Å². The highest BCUT2D eigenvalue weighted by atomic mass is 32.1. The summed E-state index contributed by atoms with van der Waals surface area (Å²) >= 11 is 3.73. The van der Waals surface area contributed by atoms with Crippen LogP contribution < -0.4 is 0 Å². The highest BCUT2D eigenvalue weighted by molar-refractivity contribution is 7.81. The molecule has 1 atom stereocenters. The van der Waals surface area contributed by atoms with Gasteiger partial charge >= 0.3 is 0 Å². The molecule has 1 unspecified atom stereocenters. The Morgan fingerprint density at radius 3 is 2.25 bits per heavy atom. The van der Waals surface area contributed by atoms with Gasteiger partial charge in [0.25, 0.3) is 0 Å². The molecule has 0 aliphatic rings. The van der Waals surface area contributed by atoms with Gasteiger partial charge in [0, 0.05) is 6.42 Å². The SMILES string of the molecule is CC(=O)CC(C)(O)S. The summed E-state index contributed by atoms with van der Waals surface area (Å²) in [6.45, 7) is 2.90. The molecular weight excluding hydrogens is 124 g/mol. The number of rotatable bonds is 2. The molecule has 1 N–H and O–H groups in total. The molecule has 0 fully saturated rings. The average Bonchev–Trinajstić information content (AvgIpc) is 1.21. The summed E-state index contributed by atoms with van der Waals surface area (Å²) in [5.41, 5.74) is 0. The van der Waals surface area contributed by atoms with Crippen molar-refractivity contribution in [2.24, 2.45) is 0 Å². The minimum Gasteiger partial charge on any atom is -0.380 e. The van der Waals surface area contributed by atoms with Crippen LogP contribution in [0, 0.1) is 0 Å². The summed E-state index contributed by atoms with van der Waals surface area (Å²) in [6, 6.07) is 0. The van der Waals surface area contributed by atoms with E-state index in [2.05, 4.69) is 12.6 Å². The maximum Gasteiger partial charge on any atom is 0.133 e. The molecule has 0 aromatic heterocycles. The lowest BCUT2D eigenvalue weighted by atomic mass is 10.2. The standard InChI is InChI=1S/C5H10O2S/c1-4(6)3-5(2,7)8/h7-8H,3H2,1-2H3. The predicted molar refractivity (Wildman–Crippen MR) is 34.9 cm³/mol. The van der Waals surface area contributed by atoms with E-state index in [4.69, 9.17) is 5.11 Å². The van der Waals surface area contributed by atoms with Crippen LogP contribution in [0.2, 0.25) is 0 Å². The average molecular weight is 134 g/mol. The number of aliphatic hydroxyl groups is 1. The van der Waals surface area contributed by atoms with Gasteiger partial charge in [-0.2, -0.15) is 0 Å². The molecule has 0 spiro atoms. The van der Waals surface area contributed by atoms with Crippen molar-refractivity contribution < 1.29 is 9.90 Å². The number of carbonyl (C=O) groups excluding carboxylic acids is 1. The van der Waals surface area contributed by atoms with Crippen molar-refractivity contribution in [3.05, 3.63) is 0 Å². The van der Waals surface area contributed by atoms with Crippen molar-refractivity contribution in [3.8, 4) is 0 Å². The first kappa shape index (κ1) is 7.98. The third kappa shape index (κ3) is 5.98. The largest absolute Gasteiger partial charge is 0.380 e. The van der Waals surface area contributed by atoms with Crippen LogP contribution in [0.4, 0.5) is 0 Å². The summed E-state index contributed by atoms with van der Waals surface area (Å²) in [5.74, 6) is -0.0509. The fraction of sp³-hybridized carbons (Fsp3) is 0.800. The van der Waals surface area contributed by atoms with Crippen LogP contribution >= 0.6 is 12.6 Å². The van der Waals surface area contributed by atoms with Crippen molar-refractivity contribution in [2.45, 2.75) is 25.2 Å². The van der Waals surface area contributed by atoms with Crippen molar-refractivity contribution in [1.82, 2.24) is 0 Å². The van der Waals surface area contributed by atoms with Gasteiger partial charge < -0.3 is 5.11 Å². The molecule has 0 saturated heterocycles. The number of hydrogen-bond donors (Lipinski definition) is 2. The van der Waals surface area contributed by atoms with Gasteiger partial charge in [0.15, 0.2) is 0 Å². The smallest absolute Gasteiger partial charge is 0.133 e. The van der Waals surface area contributed by atoms with E-state index in [0.29, 0.717) is 0 Å². The van der Waals surface area contributed by atoms with Gasteiger partial charge in [-0.1, -0.05) is 0 Å². The molecule has 0 heterocycles. The topological polar surface area (TPSA) is 37.3 Å². The number of carbonyl (C=O) groups is 1. The zero-order valence-corrected chi connectivity index (χ0v) is 5.90. The fourth-order valence-electron chi connectivity index (χ4n) is 0.472. The lowest BCUT2D eigenvalue weighted by Gasteiger charge is -2.12. The molecule has 48 valence electrons. The van der Waals surface area contributed by atoms with Crippen LogP contribution in [0.25, 0.3) is 0 Å². The maximum absolute atomic E-state index is 10.3. The molecule has 0 aromatic rings. The van der Waals surface area contributed by atoms with Crippen LogP contribution in [0.15, 0.2) is 0 Å². The molecule has 0 rings (SSSR count). The number of ketones is 1. The Morgan fingerprint density at radius 2 is 2.25 bits per heavy atom. The zero-order chi connectivity index (χ0) is 6.78.